The zero-order valence-corrected chi connectivity index (χ0v) is 15.7. The maximum absolute atomic E-state index is 11.8. The lowest BCUT2D eigenvalue weighted by Crippen LogP contribution is -2.62. The topological polar surface area (TPSA) is 233 Å². The highest BCUT2D eigenvalue weighted by atomic mass is 16.8. The molecule has 0 spiro atoms. The van der Waals surface area contributed by atoms with E-state index in [0.717, 1.165) is 0 Å². The number of carbonyl (C=O) groups is 2. The first-order valence-corrected chi connectivity index (χ1v) is 9.06. The number of carboxylic acids is 1. The van der Waals surface area contributed by atoms with Gasteiger partial charge in [0, 0.05) is 0 Å². The molecule has 0 aromatic rings. The molecule has 8 N–H and O–H groups in total. The van der Waals surface area contributed by atoms with E-state index in [1.54, 1.807) is 0 Å². The van der Waals surface area contributed by atoms with Gasteiger partial charge in [0.15, 0.2) is 6.29 Å². The van der Waals surface area contributed by atoms with Crippen molar-refractivity contribution in [2.45, 2.75) is 67.6 Å². The van der Waals surface area contributed by atoms with Crippen molar-refractivity contribution in [3.63, 3.8) is 0 Å². The zero-order chi connectivity index (χ0) is 22.6. The Morgan fingerprint density at radius 3 is 2.03 bits per heavy atom. The quantitative estimate of drug-likeness (QED) is 0.156. The fourth-order valence-electron chi connectivity index (χ4n) is 3.08. The van der Waals surface area contributed by atoms with Crippen LogP contribution in [-0.4, -0.2) is 127 Å². The van der Waals surface area contributed by atoms with Crippen LogP contribution in [0.5, 0.6) is 0 Å². The van der Waals surface area contributed by atoms with Crippen molar-refractivity contribution < 1.29 is 69.4 Å². The third-order valence-electron chi connectivity index (χ3n) is 4.83. The number of aliphatic carboxylic acids is 1. The molecule has 2 heterocycles. The van der Waals surface area contributed by atoms with Crippen LogP contribution in [-0.2, 0) is 28.5 Å². The molecular weight excluding hydrogens is 416 g/mol. The van der Waals surface area contributed by atoms with Gasteiger partial charge in [-0.2, -0.15) is 0 Å². The summed E-state index contributed by atoms with van der Waals surface area (Å²) in [5, 5.41) is 77.5. The number of carboxylic acid groups (broad SMARTS) is 1. The number of hydrogen-bond donors (Lipinski definition) is 8. The van der Waals surface area contributed by atoms with Gasteiger partial charge in [-0.15, -0.1) is 0 Å². The molecule has 14 nitrogen and oxygen atoms in total. The number of hydrogen-bond acceptors (Lipinski definition) is 13. The van der Waals surface area contributed by atoms with Crippen LogP contribution in [0.1, 0.15) is 12.8 Å². The second-order valence-electron chi connectivity index (χ2n) is 6.96. The van der Waals surface area contributed by atoms with Crippen molar-refractivity contribution in [1.82, 2.24) is 0 Å². The Kier molecular flexibility index (Phi) is 8.46. The predicted molar refractivity (Wildman–Crippen MR) is 89.4 cm³/mol. The summed E-state index contributed by atoms with van der Waals surface area (Å²) >= 11 is 0. The molecule has 2 rings (SSSR count). The van der Waals surface area contributed by atoms with Crippen LogP contribution < -0.4 is 0 Å². The van der Waals surface area contributed by atoms with Gasteiger partial charge in [-0.25, -0.2) is 0 Å². The second-order valence-corrected chi connectivity index (χ2v) is 6.96. The molecule has 2 aliphatic rings. The van der Waals surface area contributed by atoms with E-state index in [2.05, 4.69) is 0 Å². The minimum absolute atomic E-state index is 0.520. The van der Waals surface area contributed by atoms with Crippen LogP contribution in [0.2, 0.25) is 0 Å². The summed E-state index contributed by atoms with van der Waals surface area (Å²) in [5.74, 6) is -4.65. The standard InChI is InChI=1S/C16H26O14/c17-3-6-10(22)12(24)13(25)15(28-6)30-16(5-27-9(21)2-1-8(19)20)14(26)11(23)7(4-18)29-16/h6-7,10-15,17-18,22-26H,1-5H2,(H,19,20)/t6-,7-,10-,11-,12+,13-,14+,15-,16+/m1/s1. The van der Waals surface area contributed by atoms with Crippen LogP contribution in [0, 0.1) is 0 Å². The monoisotopic (exact) mass is 442 g/mol. The van der Waals surface area contributed by atoms with E-state index >= 15 is 0 Å². The Labute approximate surface area is 169 Å². The summed E-state index contributed by atoms with van der Waals surface area (Å²) in [6.07, 6.45) is -14.7. The van der Waals surface area contributed by atoms with Crippen molar-refractivity contribution in [2.24, 2.45) is 0 Å². The van der Waals surface area contributed by atoms with Crippen LogP contribution >= 0.6 is 0 Å². The van der Waals surface area contributed by atoms with Crippen LogP contribution in [0.25, 0.3) is 0 Å². The van der Waals surface area contributed by atoms with Crippen molar-refractivity contribution in [3.8, 4) is 0 Å². The van der Waals surface area contributed by atoms with Crippen molar-refractivity contribution in [1.29, 1.82) is 0 Å². The van der Waals surface area contributed by atoms with Gasteiger partial charge < -0.3 is 59.8 Å². The molecule has 0 saturated carbocycles. The Morgan fingerprint density at radius 1 is 0.867 bits per heavy atom. The average molecular weight is 442 g/mol. The van der Waals surface area contributed by atoms with Gasteiger partial charge >= 0.3 is 11.9 Å². The number of ether oxygens (including phenoxy) is 4. The van der Waals surface area contributed by atoms with E-state index in [-0.39, 0.29) is 0 Å². The highest BCUT2D eigenvalue weighted by Gasteiger charge is 2.59. The highest BCUT2D eigenvalue weighted by Crippen LogP contribution is 2.36. The van der Waals surface area contributed by atoms with Gasteiger partial charge in [-0.1, -0.05) is 0 Å². The first kappa shape index (κ1) is 24.8. The first-order valence-electron chi connectivity index (χ1n) is 9.06. The second kappa shape index (κ2) is 10.2. The molecule has 0 bridgehead atoms. The summed E-state index contributed by atoms with van der Waals surface area (Å²) in [7, 11) is 0. The fraction of sp³-hybridized carbons (Fsp3) is 0.875. The number of aliphatic hydroxyl groups excluding tert-OH is 7. The lowest BCUT2D eigenvalue weighted by Gasteiger charge is -2.43. The molecule has 2 fully saturated rings. The molecular formula is C16H26O14. The van der Waals surface area contributed by atoms with Gasteiger partial charge in [0.1, 0.15) is 49.3 Å². The Bertz CT molecular complexity index is 598. The van der Waals surface area contributed by atoms with Crippen LogP contribution in [0.15, 0.2) is 0 Å². The number of carbonyl (C=O) groups excluding carboxylic acids is 1. The molecule has 0 radical (unpaired) electrons. The largest absolute Gasteiger partial charge is 0.481 e. The molecule has 9 atom stereocenters. The number of aliphatic hydroxyl groups is 7. The fourth-order valence-corrected chi connectivity index (χ4v) is 3.08. The van der Waals surface area contributed by atoms with Crippen molar-refractivity contribution >= 4 is 11.9 Å². The normalized spacial score (nSPS) is 41.6. The molecule has 174 valence electrons. The Hall–Kier alpha value is -1.46. The predicted octanol–water partition coefficient (Wildman–Crippen LogP) is -4.98. The molecule has 0 aliphatic carbocycles. The molecule has 14 heteroatoms. The average Bonchev–Trinajstić information content (AvgIpc) is 2.96. The SMILES string of the molecule is O=C(O)CCC(=O)OC[C@@]1(O[C@H]2O[C@H](CO)[C@@H](O)[C@H](O)[C@H]2O)O[C@H](CO)[C@@H](O)[C@@H]1O. The van der Waals surface area contributed by atoms with E-state index < -0.39 is 99.4 Å². The summed E-state index contributed by atoms with van der Waals surface area (Å²) in [5.41, 5.74) is 0. The van der Waals surface area contributed by atoms with Crippen molar-refractivity contribution in [2.75, 3.05) is 19.8 Å². The first-order chi connectivity index (χ1) is 14.1. The van der Waals surface area contributed by atoms with E-state index in [1.165, 1.54) is 0 Å². The van der Waals surface area contributed by atoms with Crippen molar-refractivity contribution in [3.05, 3.63) is 0 Å². The van der Waals surface area contributed by atoms with E-state index in [9.17, 15) is 45.3 Å². The van der Waals surface area contributed by atoms with Crippen LogP contribution in [0.3, 0.4) is 0 Å². The Balaban J connectivity index is 2.20. The Morgan fingerprint density at radius 2 is 1.50 bits per heavy atom. The van der Waals surface area contributed by atoms with E-state index in [0.29, 0.717) is 0 Å². The highest BCUT2D eigenvalue weighted by molar-refractivity contribution is 5.76. The number of rotatable bonds is 9. The van der Waals surface area contributed by atoms with Gasteiger partial charge in [-0.3, -0.25) is 9.59 Å². The summed E-state index contributed by atoms with van der Waals surface area (Å²) in [4.78, 5) is 22.3. The molecule has 0 aromatic heterocycles. The summed E-state index contributed by atoms with van der Waals surface area (Å²) in [6.45, 7) is -2.45. The molecule has 2 saturated heterocycles. The number of esters is 1. The minimum Gasteiger partial charge on any atom is -0.481 e. The molecule has 30 heavy (non-hydrogen) atoms. The zero-order valence-electron chi connectivity index (χ0n) is 15.7. The maximum Gasteiger partial charge on any atom is 0.306 e. The molecule has 0 aromatic carbocycles. The smallest absolute Gasteiger partial charge is 0.306 e. The summed E-state index contributed by atoms with van der Waals surface area (Å²) < 4.78 is 20.8. The maximum atomic E-state index is 11.8. The lowest BCUT2D eigenvalue weighted by atomic mass is 9.99. The minimum atomic E-state index is -2.39. The van der Waals surface area contributed by atoms with Gasteiger partial charge in [0.2, 0.25) is 5.79 Å². The lowest BCUT2D eigenvalue weighted by molar-refractivity contribution is -0.383. The van der Waals surface area contributed by atoms with Gasteiger partial charge in [-0.05, 0) is 0 Å². The molecule has 0 amide bonds. The third-order valence-corrected chi connectivity index (χ3v) is 4.83. The summed E-state index contributed by atoms with van der Waals surface area (Å²) in [6, 6.07) is 0. The van der Waals surface area contributed by atoms with E-state index in [1.807, 2.05) is 0 Å². The van der Waals surface area contributed by atoms with Gasteiger partial charge in [0.05, 0.1) is 26.1 Å². The molecule has 2 aliphatic heterocycles. The van der Waals surface area contributed by atoms with E-state index in [4.69, 9.17) is 24.1 Å². The van der Waals surface area contributed by atoms with Gasteiger partial charge in [0.25, 0.3) is 0 Å². The molecule has 0 unspecified atom stereocenters. The third kappa shape index (κ3) is 5.23. The van der Waals surface area contributed by atoms with Crippen LogP contribution in [0.4, 0.5) is 0 Å².